The first-order chi connectivity index (χ1) is 9.14. The molecule has 5 nitrogen and oxygen atoms in total. The Labute approximate surface area is 110 Å². The van der Waals surface area contributed by atoms with E-state index < -0.39 is 17.5 Å². The third-order valence-corrected chi connectivity index (χ3v) is 3.54. The summed E-state index contributed by atoms with van der Waals surface area (Å²) >= 11 is 0. The van der Waals surface area contributed by atoms with Crippen LogP contribution in [-0.4, -0.2) is 36.8 Å². The number of aliphatic hydroxyl groups is 1. The minimum absolute atomic E-state index is 0.0623. The minimum Gasteiger partial charge on any atom is -0.494 e. The summed E-state index contributed by atoms with van der Waals surface area (Å²) in [4.78, 5) is 11.9. The number of carbonyl (C=O) groups excluding carboxylic acids is 1. The first-order valence-corrected chi connectivity index (χ1v) is 5.95. The summed E-state index contributed by atoms with van der Waals surface area (Å²) in [5, 5.41) is 10.5. The number of methoxy groups -OCH3 is 2. The maximum absolute atomic E-state index is 11.9. The molecular formula is C14H14O5. The van der Waals surface area contributed by atoms with Gasteiger partial charge in [0.15, 0.2) is 5.76 Å². The molecule has 19 heavy (non-hydrogen) atoms. The van der Waals surface area contributed by atoms with E-state index in [-0.39, 0.29) is 17.6 Å². The van der Waals surface area contributed by atoms with Crippen LogP contribution < -0.4 is 0 Å². The second-order valence-corrected chi connectivity index (χ2v) is 4.55. The van der Waals surface area contributed by atoms with Crippen LogP contribution in [-0.2, 0) is 19.0 Å². The maximum atomic E-state index is 11.9. The van der Waals surface area contributed by atoms with Crippen molar-refractivity contribution in [1.29, 1.82) is 0 Å². The topological polar surface area (TPSA) is 68.3 Å². The number of hydrogen-bond donors (Lipinski definition) is 1. The van der Waals surface area contributed by atoms with Crippen molar-refractivity contribution in [3.05, 3.63) is 47.4 Å². The van der Waals surface area contributed by atoms with Gasteiger partial charge in [0.2, 0.25) is 17.1 Å². The van der Waals surface area contributed by atoms with Crippen LogP contribution in [0.2, 0.25) is 0 Å². The first kappa shape index (κ1) is 12.2. The normalized spacial score (nSPS) is 32.9. The highest BCUT2D eigenvalue weighted by Gasteiger charge is 2.69. The fraction of sp³-hybridized carbons (Fsp3) is 0.357. The van der Waals surface area contributed by atoms with Gasteiger partial charge in [0.25, 0.3) is 0 Å². The van der Waals surface area contributed by atoms with Crippen molar-refractivity contribution in [3.8, 4) is 0 Å². The predicted molar refractivity (Wildman–Crippen MR) is 65.1 cm³/mol. The van der Waals surface area contributed by atoms with Gasteiger partial charge in [-0.3, -0.25) is 4.79 Å². The summed E-state index contributed by atoms with van der Waals surface area (Å²) in [6.07, 6.45) is -0.907. The lowest BCUT2D eigenvalue weighted by Gasteiger charge is -2.35. The fourth-order valence-corrected chi connectivity index (χ4v) is 2.51. The van der Waals surface area contributed by atoms with E-state index in [1.807, 2.05) is 30.3 Å². The molecule has 1 fully saturated rings. The smallest absolute Gasteiger partial charge is 0.243 e. The van der Waals surface area contributed by atoms with Crippen LogP contribution in [0.15, 0.2) is 41.9 Å². The second-order valence-electron chi connectivity index (χ2n) is 4.55. The van der Waals surface area contributed by atoms with E-state index in [1.54, 1.807) is 0 Å². The quantitative estimate of drug-likeness (QED) is 0.818. The summed E-state index contributed by atoms with van der Waals surface area (Å²) in [6, 6.07) is 9.45. The predicted octanol–water partition coefficient (Wildman–Crippen LogP) is 0.945. The third kappa shape index (κ3) is 1.52. The van der Waals surface area contributed by atoms with E-state index in [2.05, 4.69) is 0 Å². The number of hydrogen-bond acceptors (Lipinski definition) is 5. The third-order valence-electron chi connectivity index (χ3n) is 3.54. The zero-order valence-electron chi connectivity index (χ0n) is 10.6. The molecule has 0 amide bonds. The van der Waals surface area contributed by atoms with Gasteiger partial charge in [0.1, 0.15) is 12.2 Å². The zero-order valence-corrected chi connectivity index (χ0v) is 10.6. The van der Waals surface area contributed by atoms with Crippen LogP contribution in [0.1, 0.15) is 11.7 Å². The standard InChI is InChI=1S/C14H14O5/c1-17-10-11(15)14(16,12(10)18-2)13-9(19-13)8-6-4-3-5-7-8/h3-7,9,13,16H,1-2H3. The Morgan fingerprint density at radius 2 is 1.89 bits per heavy atom. The molecule has 2 aliphatic rings. The van der Waals surface area contributed by atoms with E-state index in [4.69, 9.17) is 14.2 Å². The van der Waals surface area contributed by atoms with Crippen molar-refractivity contribution in [1.82, 2.24) is 0 Å². The molecule has 0 saturated carbocycles. The Hall–Kier alpha value is -1.85. The van der Waals surface area contributed by atoms with Crippen LogP contribution in [0.4, 0.5) is 0 Å². The molecule has 0 radical (unpaired) electrons. The molecule has 0 bridgehead atoms. The number of epoxide rings is 1. The van der Waals surface area contributed by atoms with Crippen molar-refractivity contribution >= 4 is 5.78 Å². The fourth-order valence-electron chi connectivity index (χ4n) is 2.51. The van der Waals surface area contributed by atoms with E-state index in [0.717, 1.165) is 5.56 Å². The number of ketones is 1. The molecule has 3 atom stereocenters. The van der Waals surface area contributed by atoms with Crippen LogP contribution in [0.5, 0.6) is 0 Å². The maximum Gasteiger partial charge on any atom is 0.243 e. The Bertz CT molecular complexity index is 550. The molecule has 1 N–H and O–H groups in total. The average Bonchev–Trinajstić information content (AvgIpc) is 3.24. The van der Waals surface area contributed by atoms with E-state index >= 15 is 0 Å². The molecule has 1 saturated heterocycles. The molecule has 1 heterocycles. The highest BCUT2D eigenvalue weighted by molar-refractivity contribution is 6.11. The Morgan fingerprint density at radius 3 is 2.47 bits per heavy atom. The lowest BCUT2D eigenvalue weighted by molar-refractivity contribution is -0.148. The van der Waals surface area contributed by atoms with Gasteiger partial charge in [-0.05, 0) is 5.56 Å². The molecule has 0 spiro atoms. The zero-order chi connectivity index (χ0) is 13.6. The Morgan fingerprint density at radius 1 is 1.21 bits per heavy atom. The van der Waals surface area contributed by atoms with Gasteiger partial charge in [-0.2, -0.15) is 0 Å². The summed E-state index contributed by atoms with van der Waals surface area (Å²) in [7, 11) is 2.76. The second kappa shape index (κ2) is 4.08. The first-order valence-electron chi connectivity index (χ1n) is 5.95. The average molecular weight is 262 g/mol. The van der Waals surface area contributed by atoms with Gasteiger partial charge in [-0.15, -0.1) is 0 Å². The monoisotopic (exact) mass is 262 g/mol. The molecule has 100 valence electrons. The molecule has 3 unspecified atom stereocenters. The van der Waals surface area contributed by atoms with Crippen molar-refractivity contribution in [2.75, 3.05) is 14.2 Å². The summed E-state index contributed by atoms with van der Waals surface area (Å²) in [6.45, 7) is 0. The van der Waals surface area contributed by atoms with Crippen LogP contribution >= 0.6 is 0 Å². The van der Waals surface area contributed by atoms with Crippen LogP contribution in [0.25, 0.3) is 0 Å². The highest BCUT2D eigenvalue weighted by Crippen LogP contribution is 2.53. The summed E-state index contributed by atoms with van der Waals surface area (Å²) in [5.41, 5.74) is -0.796. The van der Waals surface area contributed by atoms with Gasteiger partial charge in [0, 0.05) is 0 Å². The molecule has 5 heteroatoms. The molecule has 1 aromatic rings. The van der Waals surface area contributed by atoms with Crippen LogP contribution in [0.3, 0.4) is 0 Å². The van der Waals surface area contributed by atoms with Crippen LogP contribution in [0, 0.1) is 0 Å². The van der Waals surface area contributed by atoms with Gasteiger partial charge in [-0.25, -0.2) is 0 Å². The summed E-state index contributed by atoms with van der Waals surface area (Å²) in [5.74, 6) is -0.286. The van der Waals surface area contributed by atoms with Crippen molar-refractivity contribution in [2.24, 2.45) is 0 Å². The van der Waals surface area contributed by atoms with Gasteiger partial charge >= 0.3 is 0 Å². The van der Waals surface area contributed by atoms with E-state index in [1.165, 1.54) is 14.2 Å². The lowest BCUT2D eigenvalue weighted by atomic mass is 9.78. The largest absolute Gasteiger partial charge is 0.494 e. The summed E-state index contributed by atoms with van der Waals surface area (Å²) < 4.78 is 15.4. The molecule has 3 rings (SSSR count). The molecule has 1 aromatic carbocycles. The number of benzene rings is 1. The molecule has 1 aliphatic heterocycles. The Kier molecular flexibility index (Phi) is 2.62. The van der Waals surface area contributed by atoms with Crippen molar-refractivity contribution < 1.29 is 24.1 Å². The van der Waals surface area contributed by atoms with Crippen molar-refractivity contribution in [3.63, 3.8) is 0 Å². The number of ether oxygens (including phenoxy) is 3. The Balaban J connectivity index is 1.86. The molecule has 0 aromatic heterocycles. The lowest BCUT2D eigenvalue weighted by Crippen LogP contribution is -2.56. The molecular weight excluding hydrogens is 248 g/mol. The number of rotatable bonds is 4. The van der Waals surface area contributed by atoms with E-state index in [9.17, 15) is 9.90 Å². The molecule has 1 aliphatic carbocycles. The van der Waals surface area contributed by atoms with E-state index in [0.29, 0.717) is 0 Å². The van der Waals surface area contributed by atoms with Gasteiger partial charge in [-0.1, -0.05) is 30.3 Å². The van der Waals surface area contributed by atoms with Gasteiger partial charge < -0.3 is 19.3 Å². The van der Waals surface area contributed by atoms with Crippen molar-refractivity contribution in [2.45, 2.75) is 17.8 Å². The minimum atomic E-state index is -1.72. The highest BCUT2D eigenvalue weighted by atomic mass is 16.6. The SMILES string of the molecule is COC1=C(OC)C(O)(C2OC2c2ccccc2)C1=O. The van der Waals surface area contributed by atoms with Gasteiger partial charge in [0.05, 0.1) is 14.2 Å². The number of carbonyl (C=O) groups is 1. The number of Topliss-reactive ketones (excluding diaryl/α,β-unsaturated/α-hetero) is 1.